The molecule has 2 atom stereocenters. The van der Waals surface area contributed by atoms with Gasteiger partial charge >= 0.3 is 0 Å². The molecule has 2 rings (SSSR count). The molecule has 0 aliphatic carbocycles. The van der Waals surface area contributed by atoms with Crippen molar-refractivity contribution in [2.45, 2.75) is 44.9 Å². The molecule has 1 aliphatic rings. The molecular weight excluding hydrogens is 270 g/mol. The van der Waals surface area contributed by atoms with Gasteiger partial charge in [-0.15, -0.1) is 0 Å². The molecule has 0 aromatic carbocycles. The van der Waals surface area contributed by atoms with Crippen LogP contribution >= 0.6 is 15.9 Å². The summed E-state index contributed by atoms with van der Waals surface area (Å²) < 4.78 is 11.9. The molecule has 2 heterocycles. The van der Waals surface area contributed by atoms with Crippen LogP contribution in [-0.2, 0) is 11.3 Å². The van der Waals surface area contributed by atoms with Crippen molar-refractivity contribution < 1.29 is 9.15 Å². The van der Waals surface area contributed by atoms with Crippen molar-refractivity contribution in [1.82, 2.24) is 5.32 Å². The highest BCUT2D eigenvalue weighted by Gasteiger charge is 2.24. The van der Waals surface area contributed by atoms with Gasteiger partial charge in [-0.05, 0) is 47.3 Å². The van der Waals surface area contributed by atoms with E-state index in [9.17, 15) is 0 Å². The zero-order chi connectivity index (χ0) is 11.4. The largest absolute Gasteiger partial charge is 0.453 e. The van der Waals surface area contributed by atoms with Crippen molar-refractivity contribution >= 4 is 15.9 Å². The second kappa shape index (κ2) is 5.84. The molecule has 1 aliphatic heterocycles. The second-order valence-electron chi connectivity index (χ2n) is 4.15. The van der Waals surface area contributed by atoms with Crippen molar-refractivity contribution in [3.05, 3.63) is 22.6 Å². The Kier molecular flexibility index (Phi) is 4.44. The number of nitrogens with one attached hydrogen (secondary N) is 1. The van der Waals surface area contributed by atoms with Crippen molar-refractivity contribution in [3.63, 3.8) is 0 Å². The second-order valence-corrected chi connectivity index (χ2v) is 4.93. The molecule has 1 aromatic rings. The minimum absolute atomic E-state index is 0.378. The molecule has 0 radical (unpaired) electrons. The summed E-state index contributed by atoms with van der Waals surface area (Å²) in [5, 5.41) is 3.50. The third kappa shape index (κ3) is 3.09. The standard InChI is InChI=1S/C12H18BrNO2/c1-2-10(11-4-3-7-15-11)14-8-9-5-6-12(13)16-9/h5-6,10-11,14H,2-4,7-8H2,1H3/t10-,11+/m1/s1. The smallest absolute Gasteiger partial charge is 0.169 e. The van der Waals surface area contributed by atoms with Gasteiger partial charge in [0.1, 0.15) is 5.76 Å². The van der Waals surface area contributed by atoms with Gasteiger partial charge in [-0.3, -0.25) is 0 Å². The van der Waals surface area contributed by atoms with Gasteiger partial charge in [-0.2, -0.15) is 0 Å². The van der Waals surface area contributed by atoms with E-state index in [4.69, 9.17) is 9.15 Å². The zero-order valence-corrected chi connectivity index (χ0v) is 11.1. The highest BCUT2D eigenvalue weighted by Crippen LogP contribution is 2.19. The van der Waals surface area contributed by atoms with Crippen LogP contribution in [0.2, 0.25) is 0 Å². The van der Waals surface area contributed by atoms with E-state index in [1.54, 1.807) is 0 Å². The van der Waals surface area contributed by atoms with Crippen LogP contribution < -0.4 is 5.32 Å². The molecule has 0 amide bonds. The summed E-state index contributed by atoms with van der Waals surface area (Å²) in [5.41, 5.74) is 0. The van der Waals surface area contributed by atoms with E-state index in [2.05, 4.69) is 28.2 Å². The lowest BCUT2D eigenvalue weighted by Gasteiger charge is -2.22. The number of rotatable bonds is 5. The van der Waals surface area contributed by atoms with Gasteiger partial charge < -0.3 is 14.5 Å². The molecule has 90 valence electrons. The van der Waals surface area contributed by atoms with Crippen molar-refractivity contribution in [2.75, 3.05) is 6.61 Å². The third-order valence-corrected chi connectivity index (χ3v) is 3.45. The summed E-state index contributed by atoms with van der Waals surface area (Å²) in [5.74, 6) is 0.961. The zero-order valence-electron chi connectivity index (χ0n) is 9.54. The van der Waals surface area contributed by atoms with E-state index >= 15 is 0 Å². The van der Waals surface area contributed by atoms with E-state index in [1.807, 2.05) is 12.1 Å². The average Bonchev–Trinajstić information content (AvgIpc) is 2.91. The fourth-order valence-electron chi connectivity index (χ4n) is 2.14. The van der Waals surface area contributed by atoms with E-state index in [0.717, 1.165) is 30.0 Å². The van der Waals surface area contributed by atoms with Crippen molar-refractivity contribution in [3.8, 4) is 0 Å². The quantitative estimate of drug-likeness (QED) is 0.904. The van der Waals surface area contributed by atoms with E-state index in [1.165, 1.54) is 12.8 Å². The summed E-state index contributed by atoms with van der Waals surface area (Å²) in [6.45, 7) is 3.87. The lowest BCUT2D eigenvalue weighted by atomic mass is 10.1. The Morgan fingerprint density at radius 2 is 2.44 bits per heavy atom. The Balaban J connectivity index is 1.82. The van der Waals surface area contributed by atoms with Crippen LogP contribution in [0.25, 0.3) is 0 Å². The molecular formula is C12H18BrNO2. The first-order valence-electron chi connectivity index (χ1n) is 5.89. The highest BCUT2D eigenvalue weighted by molar-refractivity contribution is 9.10. The van der Waals surface area contributed by atoms with Crippen LogP contribution in [0.1, 0.15) is 31.9 Å². The lowest BCUT2D eigenvalue weighted by molar-refractivity contribution is 0.0758. The molecule has 1 N–H and O–H groups in total. The van der Waals surface area contributed by atoms with Crippen LogP contribution in [0.15, 0.2) is 21.2 Å². The normalized spacial score (nSPS) is 22.5. The van der Waals surface area contributed by atoms with Crippen LogP contribution in [0, 0.1) is 0 Å². The molecule has 0 unspecified atom stereocenters. The van der Waals surface area contributed by atoms with Gasteiger partial charge in [0.15, 0.2) is 4.67 Å². The predicted molar refractivity (Wildman–Crippen MR) is 66.3 cm³/mol. The van der Waals surface area contributed by atoms with E-state index < -0.39 is 0 Å². The molecule has 1 fully saturated rings. The first-order valence-corrected chi connectivity index (χ1v) is 6.68. The summed E-state index contributed by atoms with van der Waals surface area (Å²) in [7, 11) is 0. The first kappa shape index (κ1) is 12.1. The maximum atomic E-state index is 5.70. The molecule has 0 spiro atoms. The van der Waals surface area contributed by atoms with Crippen molar-refractivity contribution in [2.24, 2.45) is 0 Å². The predicted octanol–water partition coefficient (Wildman–Crippen LogP) is 3.09. The fourth-order valence-corrected chi connectivity index (χ4v) is 2.48. The molecule has 1 aromatic heterocycles. The number of hydrogen-bond acceptors (Lipinski definition) is 3. The Morgan fingerprint density at radius 1 is 1.56 bits per heavy atom. The molecule has 4 heteroatoms. The minimum Gasteiger partial charge on any atom is -0.453 e. The Bertz CT molecular complexity index is 321. The number of ether oxygens (including phenoxy) is 1. The Morgan fingerprint density at radius 3 is 3.00 bits per heavy atom. The van der Waals surface area contributed by atoms with Crippen LogP contribution in [0.4, 0.5) is 0 Å². The van der Waals surface area contributed by atoms with Crippen LogP contribution in [0.3, 0.4) is 0 Å². The van der Waals surface area contributed by atoms with Gasteiger partial charge in [0.2, 0.25) is 0 Å². The summed E-state index contributed by atoms with van der Waals surface area (Å²) in [6.07, 6.45) is 3.83. The highest BCUT2D eigenvalue weighted by atomic mass is 79.9. The van der Waals surface area contributed by atoms with Gasteiger partial charge in [0.05, 0.1) is 12.6 Å². The third-order valence-electron chi connectivity index (χ3n) is 3.02. The Labute approximate surface area is 105 Å². The monoisotopic (exact) mass is 287 g/mol. The SMILES string of the molecule is CC[C@@H](NCc1ccc(Br)o1)[C@@H]1CCCO1. The molecule has 16 heavy (non-hydrogen) atoms. The Hall–Kier alpha value is -0.320. The molecule has 0 bridgehead atoms. The topological polar surface area (TPSA) is 34.4 Å². The number of hydrogen-bond donors (Lipinski definition) is 1. The van der Waals surface area contributed by atoms with E-state index in [-0.39, 0.29) is 0 Å². The first-order chi connectivity index (χ1) is 7.79. The van der Waals surface area contributed by atoms with E-state index in [0.29, 0.717) is 12.1 Å². The summed E-state index contributed by atoms with van der Waals surface area (Å²) in [4.78, 5) is 0. The average molecular weight is 288 g/mol. The van der Waals surface area contributed by atoms with Gasteiger partial charge in [0, 0.05) is 12.6 Å². The molecule has 0 saturated carbocycles. The number of halogens is 1. The maximum absolute atomic E-state index is 5.70. The minimum atomic E-state index is 0.378. The number of furan rings is 1. The fraction of sp³-hybridized carbons (Fsp3) is 0.667. The van der Waals surface area contributed by atoms with Gasteiger partial charge in [-0.1, -0.05) is 6.92 Å². The summed E-state index contributed by atoms with van der Waals surface area (Å²) >= 11 is 3.30. The summed E-state index contributed by atoms with van der Waals surface area (Å²) in [6, 6.07) is 4.34. The van der Waals surface area contributed by atoms with Gasteiger partial charge in [0.25, 0.3) is 0 Å². The van der Waals surface area contributed by atoms with Crippen LogP contribution in [0.5, 0.6) is 0 Å². The lowest BCUT2D eigenvalue weighted by Crippen LogP contribution is -2.38. The van der Waals surface area contributed by atoms with Crippen LogP contribution in [-0.4, -0.2) is 18.8 Å². The maximum Gasteiger partial charge on any atom is 0.169 e. The van der Waals surface area contributed by atoms with Gasteiger partial charge in [-0.25, -0.2) is 0 Å². The van der Waals surface area contributed by atoms with Crippen molar-refractivity contribution in [1.29, 1.82) is 0 Å². The molecule has 1 saturated heterocycles. The molecule has 3 nitrogen and oxygen atoms in total.